The van der Waals surface area contributed by atoms with E-state index in [1.54, 1.807) is 4.90 Å². The van der Waals surface area contributed by atoms with E-state index in [1.807, 2.05) is 39.8 Å². The van der Waals surface area contributed by atoms with Crippen LogP contribution in [-0.2, 0) is 19.1 Å². The fourth-order valence-corrected chi connectivity index (χ4v) is 6.17. The lowest BCUT2D eigenvalue weighted by Gasteiger charge is -2.35. The predicted octanol–water partition coefficient (Wildman–Crippen LogP) is 2.76. The SMILES string of the molecule is CCO[C@H]1CN(C(=O)[C@@H](NC(=O)c2ccc(C3CCN(C4CC4)CC3)cc2)C(C)(C)C)[C@@H]2C(=O)CO[C@H]12. The molecule has 0 aromatic heterocycles. The van der Waals surface area contributed by atoms with Gasteiger partial charge in [0, 0.05) is 18.2 Å². The molecule has 1 aromatic rings. The minimum absolute atomic E-state index is 0.0127. The Morgan fingerprint density at radius 2 is 1.78 bits per heavy atom. The average molecular weight is 512 g/mol. The predicted molar refractivity (Wildman–Crippen MR) is 139 cm³/mol. The summed E-state index contributed by atoms with van der Waals surface area (Å²) in [6.07, 6.45) is 4.23. The summed E-state index contributed by atoms with van der Waals surface area (Å²) in [5, 5.41) is 2.99. The third-order valence-corrected chi connectivity index (χ3v) is 8.43. The molecule has 1 aromatic carbocycles. The maximum Gasteiger partial charge on any atom is 0.251 e. The summed E-state index contributed by atoms with van der Waals surface area (Å²) in [7, 11) is 0. The number of nitrogens with one attached hydrogen (secondary N) is 1. The van der Waals surface area contributed by atoms with Crippen LogP contribution >= 0.6 is 0 Å². The van der Waals surface area contributed by atoms with E-state index in [9.17, 15) is 14.4 Å². The summed E-state index contributed by atoms with van der Waals surface area (Å²) in [6.45, 7) is 10.7. The van der Waals surface area contributed by atoms with E-state index in [0.29, 0.717) is 18.1 Å². The molecule has 0 bridgehead atoms. The van der Waals surface area contributed by atoms with Crippen molar-refractivity contribution >= 4 is 17.6 Å². The number of Topliss-reactive ketones (excluding diaryl/α,β-unsaturated/α-hetero) is 1. The van der Waals surface area contributed by atoms with Crippen molar-refractivity contribution in [2.45, 2.75) is 89.6 Å². The van der Waals surface area contributed by atoms with Gasteiger partial charge in [0.25, 0.3) is 5.91 Å². The minimum Gasteiger partial charge on any atom is -0.374 e. The van der Waals surface area contributed by atoms with Crippen LogP contribution in [0.1, 0.15) is 75.2 Å². The van der Waals surface area contributed by atoms with E-state index in [0.717, 1.165) is 32.0 Å². The van der Waals surface area contributed by atoms with Crippen LogP contribution in [0, 0.1) is 5.41 Å². The molecule has 8 nitrogen and oxygen atoms in total. The molecule has 8 heteroatoms. The molecule has 3 saturated heterocycles. The van der Waals surface area contributed by atoms with Gasteiger partial charge in [-0.2, -0.15) is 0 Å². The quantitative estimate of drug-likeness (QED) is 0.606. The van der Waals surface area contributed by atoms with Gasteiger partial charge in [-0.05, 0) is 74.7 Å². The molecule has 2 amide bonds. The Kier molecular flexibility index (Phi) is 7.44. The summed E-state index contributed by atoms with van der Waals surface area (Å²) >= 11 is 0. The highest BCUT2D eigenvalue weighted by molar-refractivity contribution is 5.99. The molecule has 0 unspecified atom stereocenters. The minimum atomic E-state index is -0.791. The van der Waals surface area contributed by atoms with Gasteiger partial charge in [-0.3, -0.25) is 14.4 Å². The Hall–Kier alpha value is -2.29. The van der Waals surface area contributed by atoms with Crippen molar-refractivity contribution in [1.29, 1.82) is 0 Å². The van der Waals surface area contributed by atoms with Crippen LogP contribution in [-0.4, -0.2) is 90.6 Å². The number of ketones is 1. The summed E-state index contributed by atoms with van der Waals surface area (Å²) in [5.41, 5.74) is 1.26. The third-order valence-electron chi connectivity index (χ3n) is 8.43. The van der Waals surface area contributed by atoms with Crippen LogP contribution in [0.3, 0.4) is 0 Å². The van der Waals surface area contributed by atoms with Crippen LogP contribution in [0.5, 0.6) is 0 Å². The van der Waals surface area contributed by atoms with Crippen molar-refractivity contribution in [3.05, 3.63) is 35.4 Å². The fraction of sp³-hybridized carbons (Fsp3) is 0.690. The van der Waals surface area contributed by atoms with Crippen LogP contribution in [0.25, 0.3) is 0 Å². The van der Waals surface area contributed by atoms with Crippen molar-refractivity contribution in [3.63, 3.8) is 0 Å². The Balaban J connectivity index is 1.25. The van der Waals surface area contributed by atoms with E-state index in [1.165, 1.54) is 18.4 Å². The molecular weight excluding hydrogens is 470 g/mol. The zero-order valence-electron chi connectivity index (χ0n) is 22.6. The number of likely N-dealkylation sites (tertiary alicyclic amines) is 2. The second-order valence-electron chi connectivity index (χ2n) is 12.1. The molecule has 4 aliphatic rings. The molecule has 3 heterocycles. The molecule has 4 atom stereocenters. The lowest BCUT2D eigenvalue weighted by atomic mass is 9.85. The Morgan fingerprint density at radius 3 is 2.38 bits per heavy atom. The van der Waals surface area contributed by atoms with Crippen LogP contribution < -0.4 is 5.32 Å². The zero-order valence-corrected chi connectivity index (χ0v) is 22.6. The third kappa shape index (κ3) is 5.47. The number of hydrogen-bond donors (Lipinski definition) is 1. The molecular formula is C29H41N3O5. The number of rotatable bonds is 7. The van der Waals surface area contributed by atoms with Crippen LogP contribution in [0.15, 0.2) is 24.3 Å². The van der Waals surface area contributed by atoms with Crippen molar-refractivity contribution < 1.29 is 23.9 Å². The van der Waals surface area contributed by atoms with Gasteiger partial charge in [0.2, 0.25) is 5.91 Å². The number of amides is 2. The highest BCUT2D eigenvalue weighted by Crippen LogP contribution is 2.35. The van der Waals surface area contributed by atoms with Gasteiger partial charge in [0.15, 0.2) is 5.78 Å². The van der Waals surface area contributed by atoms with Gasteiger partial charge in [-0.25, -0.2) is 0 Å². The molecule has 1 saturated carbocycles. The number of carbonyl (C=O) groups excluding carboxylic acids is 3. The van der Waals surface area contributed by atoms with Gasteiger partial charge in [0.05, 0.1) is 6.54 Å². The topological polar surface area (TPSA) is 88.2 Å². The maximum atomic E-state index is 13.8. The molecule has 37 heavy (non-hydrogen) atoms. The first kappa shape index (κ1) is 26.3. The molecule has 4 fully saturated rings. The van der Waals surface area contributed by atoms with Crippen molar-refractivity contribution in [2.24, 2.45) is 5.41 Å². The largest absolute Gasteiger partial charge is 0.374 e. The summed E-state index contributed by atoms with van der Waals surface area (Å²) in [4.78, 5) is 43.8. The number of fused-ring (bicyclic) bond motifs is 1. The van der Waals surface area contributed by atoms with E-state index in [-0.39, 0.29) is 36.9 Å². The van der Waals surface area contributed by atoms with Crippen molar-refractivity contribution in [3.8, 4) is 0 Å². The number of piperidine rings is 1. The Morgan fingerprint density at radius 1 is 1.11 bits per heavy atom. The summed E-state index contributed by atoms with van der Waals surface area (Å²) in [6, 6.07) is 7.23. The Bertz CT molecular complexity index is 1010. The number of hydrogen-bond acceptors (Lipinski definition) is 6. The molecule has 0 spiro atoms. The first-order chi connectivity index (χ1) is 17.7. The number of ether oxygens (including phenoxy) is 2. The van der Waals surface area contributed by atoms with Crippen molar-refractivity contribution in [2.75, 3.05) is 32.8 Å². The second kappa shape index (κ2) is 10.5. The van der Waals surface area contributed by atoms with Crippen molar-refractivity contribution in [1.82, 2.24) is 15.1 Å². The molecule has 202 valence electrons. The second-order valence-corrected chi connectivity index (χ2v) is 12.1. The average Bonchev–Trinajstić information content (AvgIpc) is 3.57. The van der Waals surface area contributed by atoms with Gasteiger partial charge in [-0.1, -0.05) is 32.9 Å². The monoisotopic (exact) mass is 511 g/mol. The first-order valence-corrected chi connectivity index (χ1v) is 13.9. The van der Waals surface area contributed by atoms with E-state index < -0.39 is 23.6 Å². The van der Waals surface area contributed by atoms with Gasteiger partial charge < -0.3 is 24.6 Å². The highest BCUT2D eigenvalue weighted by Gasteiger charge is 2.54. The zero-order chi connectivity index (χ0) is 26.3. The smallest absolute Gasteiger partial charge is 0.251 e. The fourth-order valence-electron chi connectivity index (χ4n) is 6.17. The molecule has 3 aliphatic heterocycles. The van der Waals surface area contributed by atoms with Gasteiger partial charge in [-0.15, -0.1) is 0 Å². The van der Waals surface area contributed by atoms with Crippen LogP contribution in [0.4, 0.5) is 0 Å². The van der Waals surface area contributed by atoms with E-state index >= 15 is 0 Å². The first-order valence-electron chi connectivity index (χ1n) is 13.9. The molecule has 1 aliphatic carbocycles. The lowest BCUT2D eigenvalue weighted by molar-refractivity contribution is -0.140. The normalized spacial score (nSPS) is 27.8. The number of nitrogens with zero attached hydrogens (tertiary/aromatic N) is 2. The Labute approximate surface area is 220 Å². The summed E-state index contributed by atoms with van der Waals surface area (Å²) in [5.74, 6) is -0.132. The van der Waals surface area contributed by atoms with Gasteiger partial charge in [0.1, 0.15) is 30.9 Å². The van der Waals surface area contributed by atoms with Crippen LogP contribution in [0.2, 0.25) is 0 Å². The molecule has 5 rings (SSSR count). The molecule has 1 N–H and O–H groups in total. The molecule has 0 radical (unpaired) electrons. The highest BCUT2D eigenvalue weighted by atomic mass is 16.6. The lowest BCUT2D eigenvalue weighted by Crippen LogP contribution is -2.57. The van der Waals surface area contributed by atoms with E-state index in [2.05, 4.69) is 22.3 Å². The summed E-state index contributed by atoms with van der Waals surface area (Å²) < 4.78 is 11.5. The number of carbonyl (C=O) groups is 3. The van der Waals surface area contributed by atoms with Gasteiger partial charge >= 0.3 is 0 Å². The maximum absolute atomic E-state index is 13.8. The van der Waals surface area contributed by atoms with E-state index in [4.69, 9.17) is 9.47 Å². The standard InChI is InChI=1S/C29H41N3O5/c1-5-36-23-16-32(24-22(33)17-37-25(23)24)28(35)26(29(2,3)4)30-27(34)20-8-6-18(7-9-20)19-12-14-31(15-13-19)21-10-11-21/h6-9,19,21,23-26H,5,10-17H2,1-4H3,(H,30,34)/t23-,24+,25+,26+/m0/s1. The number of benzene rings is 1.